The Labute approximate surface area is 183 Å². The van der Waals surface area contributed by atoms with E-state index in [-0.39, 0.29) is 23.5 Å². The third-order valence-corrected chi connectivity index (χ3v) is 5.19. The fraction of sp³-hybridized carbons (Fsp3) is 0.211. The van der Waals surface area contributed by atoms with E-state index in [2.05, 4.69) is 20.3 Å². The minimum Gasteiger partial charge on any atom is -0.484 e. The van der Waals surface area contributed by atoms with Crippen LogP contribution in [0.3, 0.4) is 0 Å². The number of halogens is 3. The van der Waals surface area contributed by atoms with Crippen molar-refractivity contribution in [2.24, 2.45) is 7.05 Å². The molecule has 32 heavy (non-hydrogen) atoms. The molecule has 9 nitrogen and oxygen atoms in total. The summed E-state index contributed by atoms with van der Waals surface area (Å²) in [6, 6.07) is 9.81. The van der Waals surface area contributed by atoms with Crippen molar-refractivity contribution in [3.63, 3.8) is 0 Å². The lowest BCUT2D eigenvalue weighted by atomic mass is 10.1. The molecule has 0 fully saturated rings. The Morgan fingerprint density at radius 2 is 1.97 bits per heavy atom. The highest BCUT2D eigenvalue weighted by Crippen LogP contribution is 2.34. The number of carbonyl (C=O) groups excluding carboxylic acids is 1. The molecule has 0 aliphatic rings. The molecule has 168 valence electrons. The van der Waals surface area contributed by atoms with Crippen molar-refractivity contribution in [3.05, 3.63) is 70.0 Å². The van der Waals surface area contributed by atoms with Gasteiger partial charge >= 0.3 is 6.18 Å². The van der Waals surface area contributed by atoms with E-state index < -0.39 is 23.6 Å². The second kappa shape index (κ2) is 9.68. The summed E-state index contributed by atoms with van der Waals surface area (Å²) < 4.78 is 42.8. The van der Waals surface area contributed by atoms with E-state index in [1.165, 1.54) is 48.8 Å². The summed E-state index contributed by atoms with van der Waals surface area (Å²) in [7, 11) is 1.70. The molecule has 0 bridgehead atoms. The quantitative estimate of drug-likeness (QED) is 0.397. The van der Waals surface area contributed by atoms with Crippen LogP contribution >= 0.6 is 11.8 Å². The van der Waals surface area contributed by atoms with Gasteiger partial charge in [-0.05, 0) is 41.6 Å². The third-order valence-electron chi connectivity index (χ3n) is 4.07. The van der Waals surface area contributed by atoms with E-state index in [0.717, 1.165) is 11.8 Å². The van der Waals surface area contributed by atoms with Crippen molar-refractivity contribution in [1.29, 1.82) is 0 Å². The van der Waals surface area contributed by atoms with Crippen LogP contribution in [0.4, 0.5) is 18.9 Å². The molecule has 0 aliphatic carbocycles. The molecule has 1 aromatic heterocycles. The van der Waals surface area contributed by atoms with Gasteiger partial charge in [-0.25, -0.2) is 0 Å². The maximum absolute atomic E-state index is 12.4. The Kier molecular flexibility index (Phi) is 6.98. The number of nitrogens with one attached hydrogen (secondary N) is 1. The Morgan fingerprint density at radius 1 is 1.25 bits per heavy atom. The largest absolute Gasteiger partial charge is 0.484 e. The summed E-state index contributed by atoms with van der Waals surface area (Å²) in [6.07, 6.45) is -2.97. The van der Waals surface area contributed by atoms with Crippen molar-refractivity contribution in [2.45, 2.75) is 22.8 Å². The number of alkyl halides is 3. The minimum absolute atomic E-state index is 0.0454. The predicted octanol–water partition coefficient (Wildman–Crippen LogP) is 3.75. The first-order chi connectivity index (χ1) is 15.1. The normalized spacial score (nSPS) is 11.2. The molecule has 0 radical (unpaired) electrons. The molecule has 0 spiro atoms. The van der Waals surface area contributed by atoms with E-state index in [4.69, 9.17) is 0 Å². The number of hydrogen-bond acceptors (Lipinski definition) is 7. The van der Waals surface area contributed by atoms with E-state index in [1.54, 1.807) is 11.6 Å². The molecule has 3 aromatic rings. The number of rotatable bonds is 8. The summed E-state index contributed by atoms with van der Waals surface area (Å²) in [5, 5.41) is 22.1. The van der Waals surface area contributed by atoms with E-state index >= 15 is 0 Å². The lowest BCUT2D eigenvalue weighted by molar-refractivity contribution is -0.387. The standard InChI is InChI=1S/C19H16F3N5O4S/c1-26-11-24-25-18(26)32-16-7-4-13(8-15(16)27(29)30)17(28)23-9-12-2-5-14(6-3-12)31-10-19(20,21)22/h2-8,11H,9-10H2,1H3,(H,23,28). The zero-order chi connectivity index (χ0) is 23.3. The van der Waals surface area contributed by atoms with Crippen LogP contribution in [0.1, 0.15) is 15.9 Å². The first kappa shape index (κ1) is 23.1. The van der Waals surface area contributed by atoms with Crippen LogP contribution in [0.15, 0.2) is 58.8 Å². The molecule has 2 aromatic carbocycles. The lowest BCUT2D eigenvalue weighted by Gasteiger charge is -2.10. The molecule has 1 amide bonds. The fourth-order valence-electron chi connectivity index (χ4n) is 2.50. The average molecular weight is 467 g/mol. The molecule has 0 atom stereocenters. The van der Waals surface area contributed by atoms with E-state index in [1.807, 2.05) is 0 Å². The van der Waals surface area contributed by atoms with Crippen molar-refractivity contribution < 1.29 is 27.6 Å². The summed E-state index contributed by atoms with van der Waals surface area (Å²) >= 11 is 1.05. The highest BCUT2D eigenvalue weighted by Gasteiger charge is 2.28. The third kappa shape index (κ3) is 6.20. The van der Waals surface area contributed by atoms with Gasteiger partial charge in [0, 0.05) is 25.2 Å². The molecule has 0 unspecified atom stereocenters. The predicted molar refractivity (Wildman–Crippen MR) is 107 cm³/mol. The number of carbonyl (C=O) groups is 1. The van der Waals surface area contributed by atoms with Crippen LogP contribution in [-0.4, -0.2) is 38.4 Å². The number of nitro benzene ring substituents is 1. The zero-order valence-electron chi connectivity index (χ0n) is 16.5. The molecule has 0 saturated heterocycles. The highest BCUT2D eigenvalue weighted by atomic mass is 32.2. The van der Waals surface area contributed by atoms with Crippen LogP contribution < -0.4 is 10.1 Å². The molecule has 0 saturated carbocycles. The number of benzene rings is 2. The van der Waals surface area contributed by atoms with Crippen LogP contribution in [0, 0.1) is 10.1 Å². The van der Waals surface area contributed by atoms with Gasteiger partial charge in [0.25, 0.3) is 11.6 Å². The van der Waals surface area contributed by atoms with Crippen molar-refractivity contribution >= 4 is 23.4 Å². The van der Waals surface area contributed by atoms with E-state index in [9.17, 15) is 28.1 Å². The van der Waals surface area contributed by atoms with Gasteiger partial charge in [-0.1, -0.05) is 12.1 Å². The van der Waals surface area contributed by atoms with Gasteiger partial charge in [0.1, 0.15) is 12.1 Å². The molecule has 0 aliphatic heterocycles. The Bertz CT molecular complexity index is 1120. The van der Waals surface area contributed by atoms with Crippen LogP contribution in [0.25, 0.3) is 0 Å². The first-order valence-corrected chi connectivity index (χ1v) is 9.81. The van der Waals surface area contributed by atoms with Gasteiger partial charge in [0.15, 0.2) is 11.8 Å². The highest BCUT2D eigenvalue weighted by molar-refractivity contribution is 7.99. The fourth-order valence-corrected chi connectivity index (χ4v) is 3.35. The zero-order valence-corrected chi connectivity index (χ0v) is 17.3. The summed E-state index contributed by atoms with van der Waals surface area (Å²) in [6.45, 7) is -1.32. The molecule has 1 heterocycles. The van der Waals surface area contributed by atoms with Crippen LogP contribution in [0.2, 0.25) is 0 Å². The number of ether oxygens (including phenoxy) is 1. The second-order valence-corrected chi connectivity index (χ2v) is 7.51. The Balaban J connectivity index is 1.64. The van der Waals surface area contributed by atoms with Gasteiger partial charge in [-0.15, -0.1) is 10.2 Å². The van der Waals surface area contributed by atoms with Gasteiger partial charge in [-0.3, -0.25) is 14.9 Å². The van der Waals surface area contributed by atoms with Crippen molar-refractivity contribution in [1.82, 2.24) is 20.1 Å². The molecular weight excluding hydrogens is 451 g/mol. The van der Waals surface area contributed by atoms with Gasteiger partial charge in [0.05, 0.1) is 9.82 Å². The Morgan fingerprint density at radius 3 is 2.56 bits per heavy atom. The summed E-state index contributed by atoms with van der Waals surface area (Å²) in [4.78, 5) is 23.6. The number of aromatic nitrogens is 3. The molecule has 1 N–H and O–H groups in total. The maximum Gasteiger partial charge on any atom is 0.422 e. The summed E-state index contributed by atoms with van der Waals surface area (Å²) in [5.41, 5.74) is 0.447. The SMILES string of the molecule is Cn1cnnc1Sc1ccc(C(=O)NCc2ccc(OCC(F)(F)F)cc2)cc1[N+](=O)[O-]. The number of nitro groups is 1. The van der Waals surface area contributed by atoms with E-state index in [0.29, 0.717) is 15.6 Å². The number of hydrogen-bond donors (Lipinski definition) is 1. The van der Waals surface area contributed by atoms with Crippen molar-refractivity contribution in [3.8, 4) is 5.75 Å². The van der Waals surface area contributed by atoms with Gasteiger partial charge < -0.3 is 14.6 Å². The summed E-state index contributed by atoms with van der Waals surface area (Å²) in [5.74, 6) is -0.496. The average Bonchev–Trinajstić information content (AvgIpc) is 3.15. The maximum atomic E-state index is 12.4. The number of aryl methyl sites for hydroxylation is 1. The topological polar surface area (TPSA) is 112 Å². The van der Waals surface area contributed by atoms with Crippen molar-refractivity contribution in [2.75, 3.05) is 6.61 Å². The number of nitrogens with zero attached hydrogens (tertiary/aromatic N) is 4. The monoisotopic (exact) mass is 467 g/mol. The van der Waals surface area contributed by atoms with Gasteiger partial charge in [0.2, 0.25) is 0 Å². The first-order valence-electron chi connectivity index (χ1n) is 8.99. The lowest BCUT2D eigenvalue weighted by Crippen LogP contribution is -2.23. The van der Waals surface area contributed by atoms with Gasteiger partial charge in [-0.2, -0.15) is 13.2 Å². The molecule has 3 rings (SSSR count). The molecule has 13 heteroatoms. The van der Waals surface area contributed by atoms with Crippen LogP contribution in [0.5, 0.6) is 5.75 Å². The molecular formula is C19H16F3N5O4S. The smallest absolute Gasteiger partial charge is 0.422 e. The van der Waals surface area contributed by atoms with Crippen LogP contribution in [-0.2, 0) is 13.6 Å². The Hall–Kier alpha value is -3.61. The number of amides is 1. The minimum atomic E-state index is -4.43. The second-order valence-electron chi connectivity index (χ2n) is 6.50.